The minimum absolute atomic E-state index is 0.0942. The van der Waals surface area contributed by atoms with E-state index < -0.39 is 18.1 Å². The monoisotopic (exact) mass is 482 g/mol. The van der Waals surface area contributed by atoms with Gasteiger partial charge in [0.25, 0.3) is 0 Å². The summed E-state index contributed by atoms with van der Waals surface area (Å²) < 4.78 is 10.8. The van der Waals surface area contributed by atoms with Crippen molar-refractivity contribution in [2.24, 2.45) is 0 Å². The van der Waals surface area contributed by atoms with Crippen LogP contribution in [0.15, 0.2) is 77.3 Å². The minimum atomic E-state index is -1.13. The van der Waals surface area contributed by atoms with Crippen molar-refractivity contribution in [1.82, 2.24) is 10.5 Å². The van der Waals surface area contributed by atoms with E-state index >= 15 is 0 Å². The molecule has 182 valence electrons. The quantitative estimate of drug-likeness (QED) is 0.361. The molecule has 5 rings (SSSR count). The van der Waals surface area contributed by atoms with Crippen LogP contribution in [0.4, 0.5) is 4.79 Å². The van der Waals surface area contributed by atoms with Crippen molar-refractivity contribution >= 4 is 12.1 Å². The van der Waals surface area contributed by atoms with Crippen LogP contribution >= 0.6 is 0 Å². The number of ether oxygens (including phenoxy) is 1. The van der Waals surface area contributed by atoms with Crippen LogP contribution in [0.5, 0.6) is 0 Å². The highest BCUT2D eigenvalue weighted by Crippen LogP contribution is 2.44. The van der Waals surface area contributed by atoms with Gasteiger partial charge >= 0.3 is 12.1 Å². The van der Waals surface area contributed by atoms with Crippen LogP contribution in [0.2, 0.25) is 0 Å². The number of hydrogen-bond acceptors (Lipinski definition) is 5. The molecule has 0 saturated heterocycles. The number of hydrogen-bond donors (Lipinski definition) is 2. The lowest BCUT2D eigenvalue weighted by atomic mass is 9.98. The predicted molar refractivity (Wildman–Crippen MR) is 135 cm³/mol. The number of carboxylic acid groups (broad SMARTS) is 1. The Labute approximate surface area is 208 Å². The first kappa shape index (κ1) is 23.4. The van der Waals surface area contributed by atoms with Crippen LogP contribution in [-0.4, -0.2) is 35.0 Å². The number of benzene rings is 3. The molecule has 1 heterocycles. The number of fused-ring (bicyclic) bond motifs is 3. The Morgan fingerprint density at radius 1 is 0.972 bits per heavy atom. The normalized spacial score (nSPS) is 13.1. The van der Waals surface area contributed by atoms with Gasteiger partial charge in [-0.3, -0.25) is 0 Å². The first-order valence-electron chi connectivity index (χ1n) is 11.8. The molecule has 1 atom stereocenters. The third kappa shape index (κ3) is 4.47. The average Bonchev–Trinajstić information content (AvgIpc) is 3.39. The summed E-state index contributed by atoms with van der Waals surface area (Å²) in [4.78, 5) is 24.5. The van der Waals surface area contributed by atoms with Crippen molar-refractivity contribution < 1.29 is 24.0 Å². The molecule has 1 aliphatic carbocycles. The second kappa shape index (κ2) is 9.70. The Bertz CT molecular complexity index is 1360. The lowest BCUT2D eigenvalue weighted by molar-refractivity contribution is -0.139. The van der Waals surface area contributed by atoms with Crippen molar-refractivity contribution in [2.45, 2.75) is 32.2 Å². The van der Waals surface area contributed by atoms with Crippen LogP contribution in [0.25, 0.3) is 22.3 Å². The summed E-state index contributed by atoms with van der Waals surface area (Å²) in [5.74, 6) is -0.498. The predicted octanol–water partition coefficient (Wildman–Crippen LogP) is 5.49. The second-order valence-corrected chi connectivity index (χ2v) is 8.96. The number of alkyl carbamates (subject to hydrolysis) is 1. The number of carboxylic acids is 1. The summed E-state index contributed by atoms with van der Waals surface area (Å²) in [6.45, 7) is 3.85. The molecule has 7 nitrogen and oxygen atoms in total. The highest BCUT2D eigenvalue weighted by Gasteiger charge is 2.29. The number of carbonyl (C=O) groups excluding carboxylic acids is 1. The maximum atomic E-state index is 12.6. The smallest absolute Gasteiger partial charge is 0.407 e. The molecule has 3 aromatic carbocycles. The molecular formula is C29H26N2O5. The Morgan fingerprint density at radius 3 is 2.14 bits per heavy atom. The van der Waals surface area contributed by atoms with E-state index in [9.17, 15) is 14.7 Å². The summed E-state index contributed by atoms with van der Waals surface area (Å²) in [6.07, 6.45) is -0.627. The molecule has 36 heavy (non-hydrogen) atoms. The van der Waals surface area contributed by atoms with Crippen molar-refractivity contribution in [3.8, 4) is 22.3 Å². The summed E-state index contributed by atoms with van der Waals surface area (Å²) in [5.41, 5.74) is 7.88. The number of nitrogens with one attached hydrogen (secondary N) is 1. The molecule has 1 aliphatic rings. The minimum Gasteiger partial charge on any atom is -0.480 e. The van der Waals surface area contributed by atoms with E-state index in [1.165, 1.54) is 0 Å². The molecule has 0 radical (unpaired) electrons. The molecular weight excluding hydrogens is 456 g/mol. The summed E-state index contributed by atoms with van der Waals surface area (Å²) in [5, 5.41) is 16.2. The van der Waals surface area contributed by atoms with Crippen LogP contribution in [-0.2, 0) is 16.0 Å². The Kier molecular flexibility index (Phi) is 6.29. The zero-order valence-electron chi connectivity index (χ0n) is 20.0. The lowest BCUT2D eigenvalue weighted by Crippen LogP contribution is -2.42. The van der Waals surface area contributed by atoms with E-state index in [1.807, 2.05) is 74.5 Å². The van der Waals surface area contributed by atoms with Gasteiger partial charge in [0.15, 0.2) is 0 Å². The number of amides is 1. The fourth-order valence-electron chi connectivity index (χ4n) is 4.92. The van der Waals surface area contributed by atoms with Gasteiger partial charge in [-0.1, -0.05) is 78.0 Å². The molecule has 0 bridgehead atoms. The Balaban J connectivity index is 1.24. The van der Waals surface area contributed by atoms with Gasteiger partial charge in [-0.15, -0.1) is 0 Å². The third-order valence-electron chi connectivity index (χ3n) is 6.65. The maximum Gasteiger partial charge on any atom is 0.407 e. The van der Waals surface area contributed by atoms with Crippen molar-refractivity contribution in [1.29, 1.82) is 0 Å². The fourth-order valence-corrected chi connectivity index (χ4v) is 4.92. The van der Waals surface area contributed by atoms with Crippen LogP contribution in [0, 0.1) is 13.8 Å². The van der Waals surface area contributed by atoms with E-state index in [-0.39, 0.29) is 18.9 Å². The molecule has 4 aromatic rings. The molecule has 1 amide bonds. The van der Waals surface area contributed by atoms with E-state index in [0.717, 1.165) is 50.4 Å². The lowest BCUT2D eigenvalue weighted by Gasteiger charge is -2.17. The molecule has 2 N–H and O–H groups in total. The number of aliphatic carboxylic acids is 1. The fraction of sp³-hybridized carbons (Fsp3) is 0.207. The van der Waals surface area contributed by atoms with Crippen LogP contribution in [0.1, 0.15) is 34.1 Å². The maximum absolute atomic E-state index is 12.6. The molecule has 0 saturated carbocycles. The first-order chi connectivity index (χ1) is 17.4. The molecule has 0 aliphatic heterocycles. The number of aryl methyl sites for hydroxylation is 2. The third-order valence-corrected chi connectivity index (χ3v) is 6.65. The van der Waals surface area contributed by atoms with E-state index in [0.29, 0.717) is 0 Å². The van der Waals surface area contributed by atoms with E-state index in [1.54, 1.807) is 0 Å². The van der Waals surface area contributed by atoms with Crippen molar-refractivity contribution in [3.63, 3.8) is 0 Å². The standard InChI is InChI=1S/C29H26N2O5/c1-17-27(18(2)36-31-17)20-13-11-19(12-14-20)15-26(28(32)33)30-29(34)35-16-25-23-9-5-3-7-21(23)22-8-4-6-10-24(22)25/h3-14,25-26H,15-16H2,1-2H3,(H,30,34)(H,32,33). The van der Waals surface area contributed by atoms with Gasteiger partial charge in [-0.2, -0.15) is 0 Å². The zero-order chi connectivity index (χ0) is 25.2. The summed E-state index contributed by atoms with van der Waals surface area (Å²) in [6, 6.07) is 22.5. The SMILES string of the molecule is Cc1noc(C)c1-c1ccc(CC(NC(=O)OCC2c3ccccc3-c3ccccc32)C(=O)O)cc1. The number of carbonyl (C=O) groups is 2. The molecule has 1 unspecified atom stereocenters. The largest absolute Gasteiger partial charge is 0.480 e. The molecule has 7 heteroatoms. The highest BCUT2D eigenvalue weighted by molar-refractivity contribution is 5.81. The van der Waals surface area contributed by atoms with Crippen molar-refractivity contribution in [2.75, 3.05) is 6.61 Å². The van der Waals surface area contributed by atoms with E-state index in [2.05, 4.69) is 22.6 Å². The molecule has 0 fully saturated rings. The summed E-state index contributed by atoms with van der Waals surface area (Å²) in [7, 11) is 0. The van der Waals surface area contributed by atoms with E-state index in [4.69, 9.17) is 9.26 Å². The zero-order valence-corrected chi connectivity index (χ0v) is 20.0. The number of aromatic nitrogens is 1. The molecule has 0 spiro atoms. The van der Waals surface area contributed by atoms with Crippen LogP contribution in [0.3, 0.4) is 0 Å². The topological polar surface area (TPSA) is 102 Å². The van der Waals surface area contributed by atoms with Gasteiger partial charge in [-0.25, -0.2) is 9.59 Å². The van der Waals surface area contributed by atoms with Gasteiger partial charge in [0.05, 0.1) is 5.69 Å². The average molecular weight is 483 g/mol. The Morgan fingerprint density at radius 2 is 1.58 bits per heavy atom. The van der Waals surface area contributed by atoms with Gasteiger partial charge < -0.3 is 19.7 Å². The van der Waals surface area contributed by atoms with Gasteiger partial charge in [0.2, 0.25) is 0 Å². The van der Waals surface area contributed by atoms with Gasteiger partial charge in [-0.05, 0) is 47.2 Å². The number of nitrogens with zero attached hydrogens (tertiary/aromatic N) is 1. The first-order valence-corrected chi connectivity index (χ1v) is 11.8. The van der Waals surface area contributed by atoms with Crippen LogP contribution < -0.4 is 5.32 Å². The molecule has 1 aromatic heterocycles. The second-order valence-electron chi connectivity index (χ2n) is 8.96. The Hall–Kier alpha value is -4.39. The number of rotatable bonds is 7. The van der Waals surface area contributed by atoms with Gasteiger partial charge in [0.1, 0.15) is 18.4 Å². The summed E-state index contributed by atoms with van der Waals surface area (Å²) >= 11 is 0. The van der Waals surface area contributed by atoms with Crippen molar-refractivity contribution in [3.05, 3.63) is 101 Å². The highest BCUT2D eigenvalue weighted by atomic mass is 16.5. The van der Waals surface area contributed by atoms with Gasteiger partial charge in [0, 0.05) is 17.9 Å².